The van der Waals surface area contributed by atoms with E-state index in [1.54, 1.807) is 0 Å². The Bertz CT molecular complexity index is 893. The summed E-state index contributed by atoms with van der Waals surface area (Å²) in [5.74, 6) is -2.55. The van der Waals surface area contributed by atoms with Crippen LogP contribution in [0.3, 0.4) is 0 Å². The Balaban J connectivity index is 1.67. The molecule has 0 saturated heterocycles. The van der Waals surface area contributed by atoms with Crippen molar-refractivity contribution in [2.45, 2.75) is 18.4 Å². The fourth-order valence-corrected chi connectivity index (χ4v) is 3.38. The van der Waals surface area contributed by atoms with Crippen LogP contribution in [0.25, 0.3) is 11.1 Å². The Morgan fingerprint density at radius 1 is 1.03 bits per heavy atom. The van der Waals surface area contributed by atoms with E-state index < -0.39 is 30.5 Å². The molecule has 0 unspecified atom stereocenters. The Hall–Kier alpha value is -3.61. The Labute approximate surface area is 167 Å². The average molecular weight is 394 g/mol. The molecule has 2 aromatic carbocycles. The minimum Gasteiger partial charge on any atom is -0.550 e. The van der Waals surface area contributed by atoms with Gasteiger partial charge in [-0.1, -0.05) is 61.2 Å². The summed E-state index contributed by atoms with van der Waals surface area (Å²) in [5, 5.41) is 13.1. The highest BCUT2D eigenvalue weighted by Crippen LogP contribution is 2.44. The molecule has 0 bridgehead atoms. The van der Waals surface area contributed by atoms with Gasteiger partial charge in [-0.25, -0.2) is 9.59 Å². The summed E-state index contributed by atoms with van der Waals surface area (Å²) < 4.78 is 10.1. The molecular formula is C22H20NO6-. The van der Waals surface area contributed by atoms with E-state index >= 15 is 0 Å². The number of rotatable bonds is 8. The van der Waals surface area contributed by atoms with Crippen LogP contribution in [-0.4, -0.2) is 37.3 Å². The first-order valence-corrected chi connectivity index (χ1v) is 9.10. The molecule has 1 aliphatic rings. The molecule has 0 radical (unpaired) electrons. The summed E-state index contributed by atoms with van der Waals surface area (Å²) in [5.41, 5.74) is 4.25. The molecular weight excluding hydrogens is 374 g/mol. The Morgan fingerprint density at radius 2 is 1.62 bits per heavy atom. The minimum atomic E-state index is -1.50. The molecule has 29 heavy (non-hydrogen) atoms. The molecule has 7 nitrogen and oxygen atoms in total. The first-order valence-electron chi connectivity index (χ1n) is 9.10. The van der Waals surface area contributed by atoms with E-state index in [0.29, 0.717) is 0 Å². The number of esters is 1. The molecule has 0 aliphatic heterocycles. The zero-order valence-electron chi connectivity index (χ0n) is 15.6. The van der Waals surface area contributed by atoms with Gasteiger partial charge < -0.3 is 24.7 Å². The molecule has 1 N–H and O–H groups in total. The molecule has 1 aliphatic carbocycles. The van der Waals surface area contributed by atoms with Gasteiger partial charge in [0.2, 0.25) is 0 Å². The van der Waals surface area contributed by atoms with Crippen LogP contribution >= 0.6 is 0 Å². The number of carbonyl (C=O) groups is 3. The predicted octanol–water partition coefficient (Wildman–Crippen LogP) is 1.76. The summed E-state index contributed by atoms with van der Waals surface area (Å²) in [6.45, 7) is 3.35. The molecule has 0 aromatic heterocycles. The van der Waals surface area contributed by atoms with Crippen molar-refractivity contribution in [2.24, 2.45) is 0 Å². The van der Waals surface area contributed by atoms with Gasteiger partial charge in [0.15, 0.2) is 0 Å². The molecule has 3 rings (SSSR count). The standard InChI is InChI=1S/C22H21NO6/c1-2-11-28-21(26)19(12-20(24)25)23-22(27)29-13-18-16-9-5-3-7-14(16)15-8-4-6-10-17(15)18/h2-10,18-19H,1,11-13H2,(H,23,27)(H,24,25)/p-1/t19-/m0/s1. The monoisotopic (exact) mass is 394 g/mol. The van der Waals surface area contributed by atoms with Crippen LogP contribution in [0.1, 0.15) is 23.5 Å². The van der Waals surface area contributed by atoms with Crippen molar-refractivity contribution in [3.05, 3.63) is 72.3 Å². The van der Waals surface area contributed by atoms with Gasteiger partial charge in [-0.2, -0.15) is 0 Å². The maximum absolute atomic E-state index is 12.2. The highest BCUT2D eigenvalue weighted by atomic mass is 16.6. The number of benzene rings is 2. The van der Waals surface area contributed by atoms with E-state index in [1.807, 2.05) is 48.5 Å². The zero-order chi connectivity index (χ0) is 20.8. The van der Waals surface area contributed by atoms with Crippen LogP contribution in [0.5, 0.6) is 0 Å². The van der Waals surface area contributed by atoms with Gasteiger partial charge >= 0.3 is 12.1 Å². The SMILES string of the molecule is C=CCOC(=O)[C@H](CC(=O)[O-])NC(=O)OCC1c2ccccc2-c2ccccc21. The fourth-order valence-electron chi connectivity index (χ4n) is 3.38. The first kappa shape index (κ1) is 20.1. The molecule has 1 atom stereocenters. The normalized spacial score (nSPS) is 13.0. The summed E-state index contributed by atoms with van der Waals surface area (Å²) in [4.78, 5) is 35.0. The lowest BCUT2D eigenvalue weighted by Gasteiger charge is -2.19. The Morgan fingerprint density at radius 3 is 2.17 bits per heavy atom. The van der Waals surface area contributed by atoms with Gasteiger partial charge in [-0.05, 0) is 22.3 Å². The highest BCUT2D eigenvalue weighted by molar-refractivity contribution is 5.85. The summed E-state index contributed by atoms with van der Waals surface area (Å²) in [6, 6.07) is 14.3. The highest BCUT2D eigenvalue weighted by Gasteiger charge is 2.30. The number of aliphatic carboxylic acids is 1. The van der Waals surface area contributed by atoms with E-state index in [-0.39, 0.29) is 19.1 Å². The van der Waals surface area contributed by atoms with Gasteiger partial charge in [-0.3, -0.25) is 0 Å². The zero-order valence-corrected chi connectivity index (χ0v) is 15.6. The number of fused-ring (bicyclic) bond motifs is 3. The second kappa shape index (κ2) is 9.05. The third-order valence-corrected chi connectivity index (χ3v) is 4.63. The van der Waals surface area contributed by atoms with Crippen LogP contribution in [0.4, 0.5) is 4.79 Å². The van der Waals surface area contributed by atoms with E-state index in [0.717, 1.165) is 22.3 Å². The van der Waals surface area contributed by atoms with Crippen LogP contribution in [-0.2, 0) is 19.1 Å². The topological polar surface area (TPSA) is 105 Å². The number of hydrogen-bond acceptors (Lipinski definition) is 6. The molecule has 7 heteroatoms. The summed E-state index contributed by atoms with van der Waals surface area (Å²) in [6.07, 6.45) is -0.296. The summed E-state index contributed by atoms with van der Waals surface area (Å²) >= 11 is 0. The molecule has 1 amide bonds. The number of carbonyl (C=O) groups excluding carboxylic acids is 3. The van der Waals surface area contributed by atoms with E-state index in [2.05, 4.69) is 11.9 Å². The van der Waals surface area contributed by atoms with Crippen molar-refractivity contribution in [1.82, 2.24) is 5.32 Å². The molecule has 0 saturated carbocycles. The second-order valence-corrected chi connectivity index (χ2v) is 6.52. The molecule has 0 spiro atoms. The Kier molecular flexibility index (Phi) is 6.29. The fraction of sp³-hybridized carbons (Fsp3) is 0.227. The van der Waals surface area contributed by atoms with Crippen LogP contribution in [0, 0.1) is 0 Å². The van der Waals surface area contributed by atoms with Crippen molar-refractivity contribution < 1.29 is 29.0 Å². The number of hydrogen-bond donors (Lipinski definition) is 1. The van der Waals surface area contributed by atoms with Gasteiger partial charge in [0, 0.05) is 18.3 Å². The molecule has 0 fully saturated rings. The van der Waals surface area contributed by atoms with Crippen LogP contribution < -0.4 is 10.4 Å². The third kappa shape index (κ3) is 4.63. The van der Waals surface area contributed by atoms with Gasteiger partial charge in [-0.15, -0.1) is 0 Å². The lowest BCUT2D eigenvalue weighted by Crippen LogP contribution is -2.46. The van der Waals surface area contributed by atoms with E-state index in [1.165, 1.54) is 6.08 Å². The number of alkyl carbamates (subject to hydrolysis) is 1. The van der Waals surface area contributed by atoms with Crippen molar-refractivity contribution >= 4 is 18.0 Å². The van der Waals surface area contributed by atoms with Gasteiger partial charge in [0.05, 0.1) is 0 Å². The quantitative estimate of drug-likeness (QED) is 0.540. The van der Waals surface area contributed by atoms with Gasteiger partial charge in [0.1, 0.15) is 19.3 Å². The van der Waals surface area contributed by atoms with Crippen molar-refractivity contribution in [1.29, 1.82) is 0 Å². The van der Waals surface area contributed by atoms with E-state index in [9.17, 15) is 19.5 Å². The third-order valence-electron chi connectivity index (χ3n) is 4.63. The number of amides is 1. The lowest BCUT2D eigenvalue weighted by atomic mass is 9.98. The largest absolute Gasteiger partial charge is 0.550 e. The molecule has 150 valence electrons. The van der Waals surface area contributed by atoms with Crippen molar-refractivity contribution in [2.75, 3.05) is 13.2 Å². The lowest BCUT2D eigenvalue weighted by molar-refractivity contribution is -0.306. The van der Waals surface area contributed by atoms with Gasteiger partial charge in [0.25, 0.3) is 0 Å². The van der Waals surface area contributed by atoms with Crippen LogP contribution in [0.15, 0.2) is 61.2 Å². The first-order chi connectivity index (χ1) is 14.0. The number of nitrogens with one attached hydrogen (secondary N) is 1. The maximum atomic E-state index is 12.2. The predicted molar refractivity (Wildman–Crippen MR) is 103 cm³/mol. The molecule has 2 aromatic rings. The van der Waals surface area contributed by atoms with Crippen molar-refractivity contribution in [3.63, 3.8) is 0 Å². The maximum Gasteiger partial charge on any atom is 0.407 e. The molecule has 0 heterocycles. The van der Waals surface area contributed by atoms with Crippen molar-refractivity contribution in [3.8, 4) is 11.1 Å². The number of carboxylic acids is 1. The number of ether oxygens (including phenoxy) is 2. The summed E-state index contributed by atoms with van der Waals surface area (Å²) in [7, 11) is 0. The minimum absolute atomic E-state index is 0.0413. The smallest absolute Gasteiger partial charge is 0.407 e. The second-order valence-electron chi connectivity index (χ2n) is 6.52. The average Bonchev–Trinajstić information content (AvgIpc) is 3.03. The van der Waals surface area contributed by atoms with Crippen LogP contribution in [0.2, 0.25) is 0 Å². The number of carboxylic acid groups (broad SMARTS) is 1. The van der Waals surface area contributed by atoms with E-state index in [4.69, 9.17) is 9.47 Å².